The van der Waals surface area contributed by atoms with Crippen LogP contribution in [-0.2, 0) is 18.9 Å². The van der Waals surface area contributed by atoms with Crippen molar-refractivity contribution in [3.8, 4) is 5.75 Å². The summed E-state index contributed by atoms with van der Waals surface area (Å²) in [4.78, 5) is 23.5. The van der Waals surface area contributed by atoms with Crippen molar-refractivity contribution in [3.63, 3.8) is 0 Å². The molecule has 30 heavy (non-hydrogen) atoms. The van der Waals surface area contributed by atoms with E-state index < -0.39 is 42.3 Å². The maximum absolute atomic E-state index is 12.3. The number of fused-ring (bicyclic) bond motifs is 1. The van der Waals surface area contributed by atoms with E-state index in [1.54, 1.807) is 30.7 Å². The summed E-state index contributed by atoms with van der Waals surface area (Å²) in [5.74, 6) is -2.69. The van der Waals surface area contributed by atoms with Gasteiger partial charge in [-0.15, -0.1) is 0 Å². The summed E-state index contributed by atoms with van der Waals surface area (Å²) >= 11 is 0. The number of hydrogen-bond acceptors (Lipinski definition) is 8. The van der Waals surface area contributed by atoms with Crippen molar-refractivity contribution in [1.29, 1.82) is 0 Å². The Kier molecular flexibility index (Phi) is 5.19. The summed E-state index contributed by atoms with van der Waals surface area (Å²) in [6.07, 6.45) is 0.719. The Balaban J connectivity index is 1.51. The molecule has 1 aromatic heterocycles. The number of esters is 1. The summed E-state index contributed by atoms with van der Waals surface area (Å²) in [6, 6.07) is 8.70. The Bertz CT molecular complexity index is 958. The molecule has 2 aliphatic rings. The SMILES string of the molecule is CC1(C)O[C@@H]2[C@H](O1)[C@@H](COC(=O)c1ccc(O)cc1)O[C@@H]2[n+]1cccc(C(=O)[O-])c1. The van der Waals surface area contributed by atoms with Gasteiger partial charge in [0.25, 0.3) is 6.23 Å². The minimum Gasteiger partial charge on any atom is -0.545 e. The minimum absolute atomic E-state index is 0.00182. The molecule has 2 saturated heterocycles. The molecule has 2 fully saturated rings. The van der Waals surface area contributed by atoms with E-state index in [0.717, 1.165) is 0 Å². The largest absolute Gasteiger partial charge is 0.545 e. The average molecular weight is 415 g/mol. The maximum Gasteiger partial charge on any atom is 0.338 e. The highest BCUT2D eigenvalue weighted by atomic mass is 16.8. The van der Waals surface area contributed by atoms with Gasteiger partial charge in [-0.3, -0.25) is 0 Å². The van der Waals surface area contributed by atoms with E-state index in [4.69, 9.17) is 18.9 Å². The molecule has 0 aliphatic carbocycles. The molecule has 9 heteroatoms. The fourth-order valence-corrected chi connectivity index (χ4v) is 3.64. The summed E-state index contributed by atoms with van der Waals surface area (Å²) in [5, 5.41) is 20.5. The van der Waals surface area contributed by atoms with Crippen LogP contribution in [0, 0.1) is 0 Å². The van der Waals surface area contributed by atoms with Crippen LogP contribution in [-0.4, -0.2) is 47.8 Å². The van der Waals surface area contributed by atoms with Crippen molar-refractivity contribution in [2.45, 2.75) is 44.2 Å². The first kappa shape index (κ1) is 20.3. The molecule has 2 aromatic rings. The highest BCUT2D eigenvalue weighted by Gasteiger charge is 2.59. The lowest BCUT2D eigenvalue weighted by atomic mass is 10.1. The number of aromatic nitrogens is 1. The first-order valence-corrected chi connectivity index (χ1v) is 9.43. The number of aromatic carboxylic acids is 1. The highest BCUT2D eigenvalue weighted by Crippen LogP contribution is 2.41. The number of carbonyl (C=O) groups is 2. The lowest BCUT2D eigenvalue weighted by Gasteiger charge is -2.22. The lowest BCUT2D eigenvalue weighted by Crippen LogP contribution is -2.46. The van der Waals surface area contributed by atoms with E-state index in [1.807, 2.05) is 0 Å². The molecule has 0 bridgehead atoms. The number of benzene rings is 1. The molecule has 2 aliphatic heterocycles. The zero-order valence-corrected chi connectivity index (χ0v) is 16.4. The summed E-state index contributed by atoms with van der Waals surface area (Å²) in [7, 11) is 0. The Hall–Kier alpha value is -3.01. The van der Waals surface area contributed by atoms with Crippen LogP contribution in [0.25, 0.3) is 0 Å². The Morgan fingerprint density at radius 3 is 2.53 bits per heavy atom. The van der Waals surface area contributed by atoms with Gasteiger partial charge in [-0.25, -0.2) is 4.79 Å². The zero-order chi connectivity index (χ0) is 21.5. The van der Waals surface area contributed by atoms with Gasteiger partial charge in [0.2, 0.25) is 0 Å². The van der Waals surface area contributed by atoms with E-state index in [2.05, 4.69) is 0 Å². The van der Waals surface area contributed by atoms with Crippen LogP contribution in [0.4, 0.5) is 0 Å². The van der Waals surface area contributed by atoms with Gasteiger partial charge in [-0.1, -0.05) is 0 Å². The second-order valence-electron chi connectivity index (χ2n) is 7.60. The van der Waals surface area contributed by atoms with Gasteiger partial charge < -0.3 is 34.0 Å². The molecule has 1 N–H and O–H groups in total. The van der Waals surface area contributed by atoms with Crippen LogP contribution < -0.4 is 9.67 Å². The van der Waals surface area contributed by atoms with Crippen molar-refractivity contribution < 1.29 is 43.3 Å². The van der Waals surface area contributed by atoms with Crippen molar-refractivity contribution in [3.05, 3.63) is 59.9 Å². The van der Waals surface area contributed by atoms with E-state index in [9.17, 15) is 19.8 Å². The van der Waals surface area contributed by atoms with Gasteiger partial charge >= 0.3 is 5.97 Å². The predicted molar refractivity (Wildman–Crippen MR) is 97.1 cm³/mol. The third kappa shape index (κ3) is 4.00. The van der Waals surface area contributed by atoms with Gasteiger partial charge in [-0.05, 0) is 44.2 Å². The quantitative estimate of drug-likeness (QED) is 0.548. The number of ether oxygens (including phenoxy) is 4. The molecule has 4 rings (SSSR count). The normalized spacial score (nSPS) is 26.9. The molecule has 0 spiro atoms. The van der Waals surface area contributed by atoms with Crippen LogP contribution in [0.3, 0.4) is 0 Å². The minimum atomic E-state index is -1.30. The third-order valence-electron chi connectivity index (χ3n) is 4.96. The number of carboxylic acid groups (broad SMARTS) is 1. The lowest BCUT2D eigenvalue weighted by molar-refractivity contribution is -0.766. The Labute approximate surface area is 172 Å². The number of aromatic hydroxyl groups is 1. The number of rotatable bonds is 5. The van der Waals surface area contributed by atoms with Crippen molar-refractivity contribution in [1.82, 2.24) is 0 Å². The van der Waals surface area contributed by atoms with Gasteiger partial charge in [0.1, 0.15) is 24.6 Å². The van der Waals surface area contributed by atoms with Crippen LogP contribution >= 0.6 is 0 Å². The Morgan fingerprint density at radius 2 is 1.83 bits per heavy atom. The Morgan fingerprint density at radius 1 is 1.13 bits per heavy atom. The molecule has 0 radical (unpaired) electrons. The maximum atomic E-state index is 12.3. The first-order chi connectivity index (χ1) is 14.2. The summed E-state index contributed by atoms with van der Waals surface area (Å²) in [5.41, 5.74) is 0.289. The van der Waals surface area contributed by atoms with Gasteiger partial charge in [0.05, 0.1) is 17.1 Å². The van der Waals surface area contributed by atoms with Crippen molar-refractivity contribution in [2.24, 2.45) is 0 Å². The van der Waals surface area contributed by atoms with Gasteiger partial charge in [-0.2, -0.15) is 4.57 Å². The molecule has 1 aromatic carbocycles. The summed E-state index contributed by atoms with van der Waals surface area (Å²) < 4.78 is 24.9. The smallest absolute Gasteiger partial charge is 0.338 e. The van der Waals surface area contributed by atoms with E-state index >= 15 is 0 Å². The first-order valence-electron chi connectivity index (χ1n) is 9.43. The van der Waals surface area contributed by atoms with Crippen LogP contribution in [0.15, 0.2) is 48.8 Å². The standard InChI is InChI=1S/C21H21NO8/c1-21(2)29-16-15(11-27-20(26)12-5-7-14(23)8-6-12)28-18(17(16)30-21)22-9-3-4-13(10-22)19(24)25/h3-10,15-18H,11H2,1-2H3,(H-,23,24,25,26)/t15-,16-,17-,18+/m1/s1. The molecular weight excluding hydrogens is 394 g/mol. The van der Waals surface area contributed by atoms with E-state index in [-0.39, 0.29) is 17.9 Å². The summed E-state index contributed by atoms with van der Waals surface area (Å²) in [6.45, 7) is 3.45. The van der Waals surface area contributed by atoms with Crippen LogP contribution in [0.2, 0.25) is 0 Å². The fourth-order valence-electron chi connectivity index (χ4n) is 3.64. The molecule has 158 valence electrons. The van der Waals surface area contributed by atoms with Crippen LogP contribution in [0.1, 0.15) is 40.8 Å². The second-order valence-corrected chi connectivity index (χ2v) is 7.60. The highest BCUT2D eigenvalue weighted by molar-refractivity contribution is 5.89. The van der Waals surface area contributed by atoms with Crippen molar-refractivity contribution >= 4 is 11.9 Å². The number of carboxylic acids is 1. The number of carbonyl (C=O) groups excluding carboxylic acids is 2. The number of nitrogens with zero attached hydrogens (tertiary/aromatic N) is 1. The van der Waals surface area contributed by atoms with Crippen molar-refractivity contribution in [2.75, 3.05) is 6.61 Å². The molecule has 3 heterocycles. The molecule has 0 amide bonds. The number of phenolic OH excluding ortho intramolecular Hbond substituents is 1. The number of hydrogen-bond donors (Lipinski definition) is 1. The molecular formula is C21H21NO8. The zero-order valence-electron chi connectivity index (χ0n) is 16.4. The monoisotopic (exact) mass is 415 g/mol. The van der Waals surface area contributed by atoms with E-state index in [1.165, 1.54) is 36.5 Å². The number of pyridine rings is 1. The molecule has 0 unspecified atom stereocenters. The predicted octanol–water partition coefficient (Wildman–Crippen LogP) is 0.318. The second kappa shape index (κ2) is 7.67. The molecule has 9 nitrogen and oxygen atoms in total. The number of phenols is 1. The van der Waals surface area contributed by atoms with Gasteiger partial charge in [0.15, 0.2) is 24.3 Å². The topological polar surface area (TPSA) is 118 Å². The molecule has 4 atom stereocenters. The van der Waals surface area contributed by atoms with Gasteiger partial charge in [0, 0.05) is 6.07 Å². The average Bonchev–Trinajstić information content (AvgIpc) is 3.19. The third-order valence-corrected chi connectivity index (χ3v) is 4.96. The van der Waals surface area contributed by atoms with E-state index in [0.29, 0.717) is 5.56 Å². The fraction of sp³-hybridized carbons (Fsp3) is 0.381. The molecule has 0 saturated carbocycles. The van der Waals surface area contributed by atoms with Crippen LogP contribution in [0.5, 0.6) is 5.75 Å².